The van der Waals surface area contributed by atoms with Crippen molar-refractivity contribution in [3.05, 3.63) is 48.2 Å². The molecule has 1 amide bonds. The lowest BCUT2D eigenvalue weighted by atomic mass is 10.2. The number of rotatable bonds is 5. The molecule has 3 heterocycles. The number of anilines is 1. The van der Waals surface area contributed by atoms with Crippen LogP contribution in [0.25, 0.3) is 11.6 Å². The van der Waals surface area contributed by atoms with Crippen LogP contribution in [0, 0.1) is 0 Å². The Morgan fingerprint density at radius 2 is 2.12 bits per heavy atom. The normalized spacial score (nSPS) is 14.5. The molecule has 0 saturated carbocycles. The molecule has 7 heteroatoms. The fourth-order valence-electron chi connectivity index (χ4n) is 3.24. The highest BCUT2D eigenvalue weighted by molar-refractivity contribution is 8.00. The molecule has 26 heavy (non-hydrogen) atoms. The summed E-state index contributed by atoms with van der Waals surface area (Å²) in [5.41, 5.74) is 2.26. The number of hydrogen-bond acceptors (Lipinski definition) is 5. The van der Waals surface area contributed by atoms with E-state index >= 15 is 0 Å². The molecule has 1 aliphatic rings. The Hall–Kier alpha value is -2.54. The van der Waals surface area contributed by atoms with Crippen LogP contribution >= 0.6 is 11.8 Å². The fourth-order valence-corrected chi connectivity index (χ4v) is 4.22. The number of amides is 1. The first-order chi connectivity index (χ1) is 12.7. The van der Waals surface area contributed by atoms with Gasteiger partial charge >= 0.3 is 0 Å². The van der Waals surface area contributed by atoms with Gasteiger partial charge in [-0.1, -0.05) is 30.0 Å². The average molecular weight is 368 g/mol. The van der Waals surface area contributed by atoms with Crippen LogP contribution in [0.4, 0.5) is 5.69 Å². The molecule has 1 aliphatic heterocycles. The monoisotopic (exact) mass is 368 g/mol. The van der Waals surface area contributed by atoms with E-state index in [1.165, 1.54) is 17.3 Å². The van der Waals surface area contributed by atoms with Crippen LogP contribution in [-0.2, 0) is 17.8 Å². The van der Waals surface area contributed by atoms with E-state index in [0.29, 0.717) is 18.1 Å². The highest BCUT2D eigenvalue weighted by Gasteiger charge is 2.29. The summed E-state index contributed by atoms with van der Waals surface area (Å²) in [7, 11) is 0. The van der Waals surface area contributed by atoms with Crippen LogP contribution in [0.1, 0.15) is 19.4 Å². The van der Waals surface area contributed by atoms with Crippen molar-refractivity contribution in [2.45, 2.75) is 37.2 Å². The number of carbonyl (C=O) groups excluding carboxylic acids is 1. The van der Waals surface area contributed by atoms with E-state index in [2.05, 4.69) is 16.3 Å². The number of aromatic nitrogens is 3. The van der Waals surface area contributed by atoms with Crippen molar-refractivity contribution >= 4 is 23.4 Å². The number of hydrogen-bond donors (Lipinski definition) is 0. The fraction of sp³-hybridized carbons (Fsp3) is 0.316. The van der Waals surface area contributed by atoms with Crippen molar-refractivity contribution in [2.24, 2.45) is 0 Å². The van der Waals surface area contributed by atoms with Gasteiger partial charge in [-0.2, -0.15) is 0 Å². The Bertz CT molecular complexity index is 920. The summed E-state index contributed by atoms with van der Waals surface area (Å²) in [6.07, 6.45) is 2.53. The maximum atomic E-state index is 13.0. The zero-order chi connectivity index (χ0) is 18.1. The van der Waals surface area contributed by atoms with Gasteiger partial charge in [0.05, 0.1) is 11.5 Å². The SMILES string of the molecule is CCn1c(S[C@H](C)C(=O)N2CCc3ccccc32)nnc1-c1ccco1. The number of thioether (sulfide) groups is 1. The molecule has 6 nitrogen and oxygen atoms in total. The highest BCUT2D eigenvalue weighted by atomic mass is 32.2. The van der Waals surface area contributed by atoms with Crippen molar-refractivity contribution in [2.75, 3.05) is 11.4 Å². The molecule has 0 unspecified atom stereocenters. The summed E-state index contributed by atoms with van der Waals surface area (Å²) < 4.78 is 7.42. The Morgan fingerprint density at radius 3 is 2.88 bits per heavy atom. The summed E-state index contributed by atoms with van der Waals surface area (Å²) in [4.78, 5) is 14.9. The molecule has 1 aromatic carbocycles. The first-order valence-electron chi connectivity index (χ1n) is 8.72. The minimum atomic E-state index is -0.250. The van der Waals surface area contributed by atoms with Gasteiger partial charge in [-0.3, -0.25) is 9.36 Å². The lowest BCUT2D eigenvalue weighted by Crippen LogP contribution is -2.35. The Morgan fingerprint density at radius 1 is 1.27 bits per heavy atom. The molecule has 0 radical (unpaired) electrons. The lowest BCUT2D eigenvalue weighted by molar-refractivity contribution is -0.117. The summed E-state index contributed by atoms with van der Waals surface area (Å²) in [5.74, 6) is 1.47. The van der Waals surface area contributed by atoms with Gasteiger partial charge in [-0.05, 0) is 44.0 Å². The van der Waals surface area contributed by atoms with Gasteiger partial charge in [0.25, 0.3) is 0 Å². The smallest absolute Gasteiger partial charge is 0.240 e. The molecule has 2 aromatic heterocycles. The Kier molecular flexibility index (Phi) is 4.55. The van der Waals surface area contributed by atoms with E-state index in [-0.39, 0.29) is 11.2 Å². The van der Waals surface area contributed by atoms with Crippen LogP contribution in [0.5, 0.6) is 0 Å². The minimum absolute atomic E-state index is 0.102. The van der Waals surface area contributed by atoms with Crippen LogP contribution in [0.2, 0.25) is 0 Å². The summed E-state index contributed by atoms with van der Waals surface area (Å²) in [5, 5.41) is 9.01. The van der Waals surface area contributed by atoms with E-state index in [0.717, 1.165) is 23.8 Å². The second kappa shape index (κ2) is 6.99. The van der Waals surface area contributed by atoms with Crippen LogP contribution in [0.3, 0.4) is 0 Å². The first kappa shape index (κ1) is 16.9. The van der Waals surface area contributed by atoms with Gasteiger partial charge < -0.3 is 9.32 Å². The average Bonchev–Trinajstić information content (AvgIpc) is 3.39. The van der Waals surface area contributed by atoms with Gasteiger partial charge in [0, 0.05) is 18.8 Å². The maximum absolute atomic E-state index is 13.0. The van der Waals surface area contributed by atoms with Crippen molar-refractivity contribution in [3.8, 4) is 11.6 Å². The predicted molar refractivity (Wildman–Crippen MR) is 101 cm³/mol. The van der Waals surface area contributed by atoms with Crippen molar-refractivity contribution in [1.82, 2.24) is 14.8 Å². The molecular formula is C19H20N4O2S. The second-order valence-electron chi connectivity index (χ2n) is 6.16. The Labute approximate surface area is 156 Å². The second-order valence-corrected chi connectivity index (χ2v) is 7.46. The molecule has 0 spiro atoms. The number of nitrogens with zero attached hydrogens (tertiary/aromatic N) is 4. The van der Waals surface area contributed by atoms with E-state index in [4.69, 9.17) is 4.42 Å². The van der Waals surface area contributed by atoms with E-state index < -0.39 is 0 Å². The zero-order valence-electron chi connectivity index (χ0n) is 14.8. The number of furan rings is 1. The molecule has 0 saturated heterocycles. The molecule has 0 bridgehead atoms. The largest absolute Gasteiger partial charge is 0.461 e. The highest BCUT2D eigenvalue weighted by Crippen LogP contribution is 2.32. The summed E-state index contributed by atoms with van der Waals surface area (Å²) in [6, 6.07) is 11.8. The molecule has 3 aromatic rings. The van der Waals surface area contributed by atoms with Crippen LogP contribution in [0.15, 0.2) is 52.2 Å². The van der Waals surface area contributed by atoms with Gasteiger partial charge in [-0.15, -0.1) is 10.2 Å². The van der Waals surface area contributed by atoms with Crippen molar-refractivity contribution < 1.29 is 9.21 Å². The third kappa shape index (κ3) is 2.92. The predicted octanol–water partition coefficient (Wildman–Crippen LogP) is 3.63. The third-order valence-electron chi connectivity index (χ3n) is 4.56. The molecule has 1 atom stereocenters. The number of benzene rings is 1. The summed E-state index contributed by atoms with van der Waals surface area (Å²) >= 11 is 1.44. The minimum Gasteiger partial charge on any atom is -0.461 e. The molecule has 0 aliphatic carbocycles. The van der Waals surface area contributed by atoms with E-state index in [9.17, 15) is 4.79 Å². The third-order valence-corrected chi connectivity index (χ3v) is 5.63. The quantitative estimate of drug-likeness (QED) is 0.644. The zero-order valence-corrected chi connectivity index (χ0v) is 15.6. The van der Waals surface area contributed by atoms with Crippen LogP contribution in [-0.4, -0.2) is 32.5 Å². The van der Waals surface area contributed by atoms with Gasteiger partial charge in [0.1, 0.15) is 0 Å². The van der Waals surface area contributed by atoms with Crippen LogP contribution < -0.4 is 4.90 Å². The van der Waals surface area contributed by atoms with E-state index in [1.807, 2.05) is 53.6 Å². The molecular weight excluding hydrogens is 348 g/mol. The van der Waals surface area contributed by atoms with Gasteiger partial charge in [-0.25, -0.2) is 0 Å². The molecule has 4 rings (SSSR count). The summed E-state index contributed by atoms with van der Waals surface area (Å²) in [6.45, 7) is 5.40. The van der Waals surface area contributed by atoms with Gasteiger partial charge in [0.2, 0.25) is 5.91 Å². The van der Waals surface area contributed by atoms with E-state index in [1.54, 1.807) is 6.26 Å². The topological polar surface area (TPSA) is 64.2 Å². The number of carbonyl (C=O) groups is 1. The maximum Gasteiger partial charge on any atom is 0.240 e. The first-order valence-corrected chi connectivity index (χ1v) is 9.60. The van der Waals surface area contributed by atoms with Crippen molar-refractivity contribution in [1.29, 1.82) is 0 Å². The lowest BCUT2D eigenvalue weighted by Gasteiger charge is -2.21. The number of para-hydroxylation sites is 1. The Balaban J connectivity index is 1.54. The van der Waals surface area contributed by atoms with Crippen molar-refractivity contribution in [3.63, 3.8) is 0 Å². The molecule has 134 valence electrons. The molecule has 0 N–H and O–H groups in total. The standard InChI is InChI=1S/C19H20N4O2S/c1-3-22-17(16-9-6-12-25-16)20-21-19(22)26-13(2)18(24)23-11-10-14-7-4-5-8-15(14)23/h4-9,12-13H,3,10-11H2,1-2H3/t13-/m1/s1. The molecule has 0 fully saturated rings. The number of fused-ring (bicyclic) bond motifs is 1. The van der Waals surface area contributed by atoms with Gasteiger partial charge in [0.15, 0.2) is 16.7 Å².